The highest BCUT2D eigenvalue weighted by molar-refractivity contribution is 5.25. The minimum absolute atomic E-state index is 0.345. The molecule has 0 aliphatic carbocycles. The summed E-state index contributed by atoms with van der Waals surface area (Å²) in [5.41, 5.74) is 2.56. The van der Waals surface area contributed by atoms with Gasteiger partial charge in [-0.2, -0.15) is 0 Å². The normalized spacial score (nSPS) is 24.3. The SMILES string of the molecule is [O-]N1CC(c2ccccc2)CC(c2ccccc2)C1. The van der Waals surface area contributed by atoms with Gasteiger partial charge < -0.3 is 10.3 Å². The number of hydroxylamine groups is 2. The molecule has 0 aromatic heterocycles. The Bertz CT molecular complexity index is 464. The molecule has 3 rings (SSSR count). The van der Waals surface area contributed by atoms with E-state index in [1.165, 1.54) is 16.2 Å². The standard InChI is InChI=1S/C17H18NO/c19-18-12-16(14-7-3-1-4-8-14)11-17(13-18)15-9-5-2-6-10-15/h1-10,16-17H,11-13H2/q-1. The second-order valence-electron chi connectivity index (χ2n) is 5.30. The molecule has 2 aromatic rings. The van der Waals surface area contributed by atoms with Crippen molar-refractivity contribution in [3.8, 4) is 0 Å². The van der Waals surface area contributed by atoms with Crippen LogP contribution in [0.25, 0.3) is 0 Å². The van der Waals surface area contributed by atoms with Gasteiger partial charge in [-0.15, -0.1) is 0 Å². The van der Waals surface area contributed by atoms with Crippen LogP contribution in [0.5, 0.6) is 0 Å². The van der Waals surface area contributed by atoms with Crippen molar-refractivity contribution in [1.29, 1.82) is 0 Å². The van der Waals surface area contributed by atoms with Crippen molar-refractivity contribution < 1.29 is 0 Å². The number of piperidine rings is 1. The third-order valence-electron chi connectivity index (χ3n) is 3.96. The van der Waals surface area contributed by atoms with E-state index >= 15 is 0 Å². The summed E-state index contributed by atoms with van der Waals surface area (Å²) in [7, 11) is 0. The fraction of sp³-hybridized carbons (Fsp3) is 0.294. The molecule has 98 valence electrons. The van der Waals surface area contributed by atoms with E-state index in [9.17, 15) is 5.21 Å². The maximum Gasteiger partial charge on any atom is -0.00372 e. The predicted molar refractivity (Wildman–Crippen MR) is 77.9 cm³/mol. The van der Waals surface area contributed by atoms with E-state index in [0.717, 1.165) is 6.42 Å². The summed E-state index contributed by atoms with van der Waals surface area (Å²) >= 11 is 0. The highest BCUT2D eigenvalue weighted by Crippen LogP contribution is 2.35. The zero-order valence-electron chi connectivity index (χ0n) is 10.9. The second kappa shape index (κ2) is 5.55. The van der Waals surface area contributed by atoms with Gasteiger partial charge in [-0.25, -0.2) is 0 Å². The lowest BCUT2D eigenvalue weighted by Crippen LogP contribution is -2.34. The van der Waals surface area contributed by atoms with Gasteiger partial charge in [0.25, 0.3) is 0 Å². The van der Waals surface area contributed by atoms with Gasteiger partial charge >= 0.3 is 0 Å². The van der Waals surface area contributed by atoms with Crippen LogP contribution in [0.4, 0.5) is 0 Å². The van der Waals surface area contributed by atoms with Crippen LogP contribution < -0.4 is 0 Å². The molecule has 0 spiro atoms. The summed E-state index contributed by atoms with van der Waals surface area (Å²) in [5.74, 6) is 0.690. The Morgan fingerprint density at radius 2 is 1.16 bits per heavy atom. The smallest absolute Gasteiger partial charge is 0.00372 e. The highest BCUT2D eigenvalue weighted by Gasteiger charge is 2.25. The van der Waals surface area contributed by atoms with Crippen LogP contribution in [0.15, 0.2) is 60.7 Å². The monoisotopic (exact) mass is 252 g/mol. The Morgan fingerprint density at radius 1 is 0.737 bits per heavy atom. The summed E-state index contributed by atoms with van der Waals surface area (Å²) in [6.45, 7) is 1.24. The van der Waals surface area contributed by atoms with E-state index in [1.807, 2.05) is 12.1 Å². The molecule has 1 heterocycles. The van der Waals surface area contributed by atoms with Crippen molar-refractivity contribution in [2.45, 2.75) is 18.3 Å². The van der Waals surface area contributed by atoms with Crippen molar-refractivity contribution in [1.82, 2.24) is 5.06 Å². The minimum atomic E-state index is 0.345. The van der Waals surface area contributed by atoms with Crippen molar-refractivity contribution >= 4 is 0 Å². The molecule has 2 aromatic carbocycles. The van der Waals surface area contributed by atoms with Crippen molar-refractivity contribution in [2.24, 2.45) is 0 Å². The van der Waals surface area contributed by atoms with Gasteiger partial charge in [0.15, 0.2) is 0 Å². The zero-order valence-corrected chi connectivity index (χ0v) is 10.9. The first-order valence-corrected chi connectivity index (χ1v) is 6.85. The van der Waals surface area contributed by atoms with Gasteiger partial charge in [-0.3, -0.25) is 0 Å². The van der Waals surface area contributed by atoms with Gasteiger partial charge in [0.1, 0.15) is 0 Å². The Labute approximate surface area is 114 Å². The first-order valence-electron chi connectivity index (χ1n) is 6.85. The largest absolute Gasteiger partial charge is 0.785 e. The maximum absolute atomic E-state index is 11.9. The summed E-state index contributed by atoms with van der Waals surface area (Å²) in [4.78, 5) is 0. The molecule has 1 fully saturated rings. The summed E-state index contributed by atoms with van der Waals surface area (Å²) in [6, 6.07) is 20.8. The first kappa shape index (κ1) is 12.4. The van der Waals surface area contributed by atoms with Crippen LogP contribution in [0, 0.1) is 5.21 Å². The topological polar surface area (TPSA) is 26.3 Å². The van der Waals surface area contributed by atoms with E-state index in [1.54, 1.807) is 0 Å². The molecule has 1 aliphatic heterocycles. The van der Waals surface area contributed by atoms with Crippen LogP contribution in [-0.4, -0.2) is 18.2 Å². The van der Waals surface area contributed by atoms with E-state index in [4.69, 9.17) is 0 Å². The van der Waals surface area contributed by atoms with Crippen molar-refractivity contribution in [3.05, 3.63) is 77.0 Å². The Kier molecular flexibility index (Phi) is 3.62. The number of hydrogen-bond acceptors (Lipinski definition) is 2. The second-order valence-corrected chi connectivity index (χ2v) is 5.30. The lowest BCUT2D eigenvalue weighted by atomic mass is 9.82. The first-order chi connectivity index (χ1) is 9.33. The van der Waals surface area contributed by atoms with Gasteiger partial charge in [0.2, 0.25) is 0 Å². The number of benzene rings is 2. The molecule has 19 heavy (non-hydrogen) atoms. The summed E-state index contributed by atoms with van der Waals surface area (Å²) in [5, 5.41) is 13.2. The fourth-order valence-electron chi connectivity index (χ4n) is 2.99. The number of hydrogen-bond donors (Lipinski definition) is 0. The minimum Gasteiger partial charge on any atom is -0.785 e. The molecule has 2 atom stereocenters. The molecule has 0 radical (unpaired) electrons. The van der Waals surface area contributed by atoms with Crippen LogP contribution >= 0.6 is 0 Å². The molecule has 1 aliphatic rings. The fourth-order valence-corrected chi connectivity index (χ4v) is 2.99. The highest BCUT2D eigenvalue weighted by atomic mass is 16.5. The van der Waals surface area contributed by atoms with Crippen LogP contribution in [0.3, 0.4) is 0 Å². The van der Waals surface area contributed by atoms with Gasteiger partial charge in [-0.05, 0) is 42.5 Å². The summed E-state index contributed by atoms with van der Waals surface area (Å²) < 4.78 is 0. The lowest BCUT2D eigenvalue weighted by molar-refractivity contribution is 0.253. The third kappa shape index (κ3) is 2.86. The van der Waals surface area contributed by atoms with Gasteiger partial charge in [-0.1, -0.05) is 60.7 Å². The van der Waals surface area contributed by atoms with Crippen LogP contribution in [0.1, 0.15) is 29.4 Å². The maximum atomic E-state index is 11.9. The van der Waals surface area contributed by atoms with Crippen LogP contribution in [0.2, 0.25) is 0 Å². The lowest BCUT2D eigenvalue weighted by Gasteiger charge is -2.42. The van der Waals surface area contributed by atoms with Crippen LogP contribution in [-0.2, 0) is 0 Å². The van der Waals surface area contributed by atoms with E-state index in [-0.39, 0.29) is 0 Å². The van der Waals surface area contributed by atoms with Crippen molar-refractivity contribution in [3.63, 3.8) is 0 Å². The van der Waals surface area contributed by atoms with Gasteiger partial charge in [0, 0.05) is 0 Å². The molecule has 2 heteroatoms. The van der Waals surface area contributed by atoms with Gasteiger partial charge in [0.05, 0.1) is 0 Å². The number of rotatable bonds is 2. The molecule has 0 amide bonds. The predicted octanol–water partition coefficient (Wildman–Crippen LogP) is 3.76. The molecule has 0 saturated carbocycles. The average Bonchev–Trinajstić information content (AvgIpc) is 2.48. The van der Waals surface area contributed by atoms with E-state index in [2.05, 4.69) is 48.5 Å². The zero-order chi connectivity index (χ0) is 13.1. The van der Waals surface area contributed by atoms with Crippen molar-refractivity contribution in [2.75, 3.05) is 13.1 Å². The Morgan fingerprint density at radius 3 is 1.58 bits per heavy atom. The molecule has 0 bridgehead atoms. The quantitative estimate of drug-likeness (QED) is 0.813. The molecule has 2 unspecified atom stereocenters. The third-order valence-corrected chi connectivity index (χ3v) is 3.96. The molecule has 0 N–H and O–H groups in total. The Hall–Kier alpha value is -1.64. The molecule has 2 nitrogen and oxygen atoms in total. The molecule has 1 saturated heterocycles. The number of nitrogens with zero attached hydrogens (tertiary/aromatic N) is 1. The van der Waals surface area contributed by atoms with E-state index < -0.39 is 0 Å². The summed E-state index contributed by atoms with van der Waals surface area (Å²) in [6.07, 6.45) is 1.06. The molecular formula is C17H18NO-. The average molecular weight is 252 g/mol. The Balaban J connectivity index is 1.82. The van der Waals surface area contributed by atoms with E-state index in [0.29, 0.717) is 24.9 Å². The molecular weight excluding hydrogens is 234 g/mol.